The van der Waals surface area contributed by atoms with Crippen molar-refractivity contribution >= 4 is 0 Å². The first-order valence-corrected chi connectivity index (χ1v) is 6.80. The molecular weight excluding hydrogens is 276 g/mol. The zero-order valence-corrected chi connectivity index (χ0v) is 12.1. The maximum absolute atomic E-state index is 12.2. The molecule has 0 aliphatic heterocycles. The van der Waals surface area contributed by atoms with Gasteiger partial charge < -0.3 is 14.6 Å². The van der Waals surface area contributed by atoms with Crippen molar-refractivity contribution in [2.75, 3.05) is 6.54 Å². The molecule has 0 aliphatic rings. The minimum absolute atomic E-state index is 0.0477. The highest BCUT2D eigenvalue weighted by Gasteiger charge is 2.09. The van der Waals surface area contributed by atoms with Gasteiger partial charge in [0.1, 0.15) is 11.6 Å². The molecule has 0 saturated carbocycles. The lowest BCUT2D eigenvalue weighted by Crippen LogP contribution is -2.22. The fourth-order valence-corrected chi connectivity index (χ4v) is 2.12. The second-order valence-electron chi connectivity index (χ2n) is 4.83. The van der Waals surface area contributed by atoms with Gasteiger partial charge in [0, 0.05) is 38.4 Å². The van der Waals surface area contributed by atoms with Crippen LogP contribution in [0.25, 0.3) is 0 Å². The van der Waals surface area contributed by atoms with E-state index in [1.54, 1.807) is 18.3 Å². The number of imidazole rings is 1. The summed E-state index contributed by atoms with van der Waals surface area (Å²) in [5, 5.41) is 3.35. The third-order valence-electron chi connectivity index (χ3n) is 3.30. The second kappa shape index (κ2) is 7.17. The van der Waals surface area contributed by atoms with Gasteiger partial charge in [0.25, 0.3) is 0 Å². The van der Waals surface area contributed by atoms with Crippen LogP contribution in [-0.2, 0) is 13.5 Å². The number of alkyl halides is 2. The number of halogens is 2. The molecule has 0 fully saturated rings. The van der Waals surface area contributed by atoms with Crippen LogP contribution in [0.3, 0.4) is 0 Å². The Kier molecular flexibility index (Phi) is 5.27. The van der Waals surface area contributed by atoms with E-state index in [2.05, 4.69) is 15.0 Å². The van der Waals surface area contributed by atoms with Gasteiger partial charge in [0.05, 0.1) is 0 Å². The molecule has 6 heteroatoms. The maximum atomic E-state index is 12.2. The lowest BCUT2D eigenvalue weighted by Gasteiger charge is -2.15. The van der Waals surface area contributed by atoms with Crippen molar-refractivity contribution < 1.29 is 13.5 Å². The van der Waals surface area contributed by atoms with Gasteiger partial charge >= 0.3 is 6.61 Å². The fraction of sp³-hybridized carbons (Fsp3) is 0.400. The summed E-state index contributed by atoms with van der Waals surface area (Å²) in [6.45, 7) is -0.0572. The van der Waals surface area contributed by atoms with Crippen molar-refractivity contribution in [3.05, 3.63) is 48.0 Å². The summed E-state index contributed by atoms with van der Waals surface area (Å²) in [5.41, 5.74) is 0.910. The second-order valence-corrected chi connectivity index (χ2v) is 4.83. The van der Waals surface area contributed by atoms with Gasteiger partial charge in [-0.2, -0.15) is 8.78 Å². The van der Waals surface area contributed by atoms with Crippen LogP contribution in [0.15, 0.2) is 36.7 Å². The van der Waals surface area contributed by atoms with Crippen LogP contribution in [0, 0.1) is 0 Å². The summed E-state index contributed by atoms with van der Waals surface area (Å²) < 4.78 is 30.8. The van der Waals surface area contributed by atoms with E-state index in [9.17, 15) is 8.78 Å². The van der Waals surface area contributed by atoms with Crippen LogP contribution < -0.4 is 10.1 Å². The van der Waals surface area contributed by atoms with Crippen LogP contribution >= 0.6 is 0 Å². The largest absolute Gasteiger partial charge is 0.435 e. The number of benzene rings is 1. The average molecular weight is 295 g/mol. The fourth-order valence-electron chi connectivity index (χ4n) is 2.12. The Labute approximate surface area is 122 Å². The van der Waals surface area contributed by atoms with Crippen LogP contribution in [0.5, 0.6) is 5.75 Å². The highest BCUT2D eigenvalue weighted by Crippen LogP contribution is 2.20. The average Bonchev–Trinajstić information content (AvgIpc) is 2.84. The Balaban J connectivity index is 1.88. The standard InChI is InChI=1S/C15H19F2N3O/c1-11(18-7-6-14-19-8-9-20(14)2)12-4-3-5-13(10-12)21-15(16)17/h3-5,8-11,15,18H,6-7H2,1-2H3. The Morgan fingerprint density at radius 3 is 2.86 bits per heavy atom. The number of aromatic nitrogens is 2. The van der Waals surface area contributed by atoms with Crippen molar-refractivity contribution in [2.45, 2.75) is 26.0 Å². The molecule has 0 bridgehead atoms. The molecule has 2 rings (SSSR count). The summed E-state index contributed by atoms with van der Waals surface area (Å²) in [6, 6.07) is 6.80. The van der Waals surface area contributed by atoms with Crippen molar-refractivity contribution in [2.24, 2.45) is 7.05 Å². The number of hydrogen-bond acceptors (Lipinski definition) is 3. The Hall–Kier alpha value is -1.95. The minimum Gasteiger partial charge on any atom is -0.435 e. The molecule has 0 amide bonds. The van der Waals surface area contributed by atoms with Crippen molar-refractivity contribution in [3.63, 3.8) is 0 Å². The minimum atomic E-state index is -2.80. The van der Waals surface area contributed by atoms with Crippen molar-refractivity contribution in [1.82, 2.24) is 14.9 Å². The molecule has 1 atom stereocenters. The highest BCUT2D eigenvalue weighted by molar-refractivity contribution is 5.30. The molecule has 0 radical (unpaired) electrons. The summed E-state index contributed by atoms with van der Waals surface area (Å²) in [5.74, 6) is 1.18. The molecule has 0 aliphatic carbocycles. The third kappa shape index (κ3) is 4.53. The first-order valence-electron chi connectivity index (χ1n) is 6.80. The molecular formula is C15H19F2N3O. The lowest BCUT2D eigenvalue weighted by atomic mass is 10.1. The Morgan fingerprint density at radius 1 is 1.38 bits per heavy atom. The predicted molar refractivity (Wildman–Crippen MR) is 76.4 cm³/mol. The molecule has 2 aromatic rings. The van der Waals surface area contributed by atoms with E-state index < -0.39 is 6.61 Å². The van der Waals surface area contributed by atoms with Crippen molar-refractivity contribution in [3.8, 4) is 5.75 Å². The molecule has 1 unspecified atom stereocenters. The van der Waals surface area contributed by atoms with Crippen LogP contribution in [0.4, 0.5) is 8.78 Å². The first-order chi connectivity index (χ1) is 10.1. The molecule has 0 saturated heterocycles. The summed E-state index contributed by atoms with van der Waals surface area (Å²) in [7, 11) is 1.96. The molecule has 1 aromatic carbocycles. The number of ether oxygens (including phenoxy) is 1. The smallest absolute Gasteiger partial charge is 0.387 e. The number of aryl methyl sites for hydroxylation is 1. The van der Waals surface area contributed by atoms with Gasteiger partial charge in [-0.3, -0.25) is 0 Å². The van der Waals surface area contributed by atoms with Gasteiger partial charge in [0.2, 0.25) is 0 Å². The number of hydrogen-bond donors (Lipinski definition) is 1. The summed E-state index contributed by atoms with van der Waals surface area (Å²) >= 11 is 0. The topological polar surface area (TPSA) is 39.1 Å². The molecule has 114 valence electrons. The van der Waals surface area contributed by atoms with E-state index in [1.807, 2.05) is 30.8 Å². The third-order valence-corrected chi connectivity index (χ3v) is 3.30. The number of rotatable bonds is 7. The summed E-state index contributed by atoms with van der Waals surface area (Å²) in [4.78, 5) is 4.25. The van der Waals surface area contributed by atoms with Gasteiger partial charge in [-0.1, -0.05) is 12.1 Å². The monoisotopic (exact) mass is 295 g/mol. The van der Waals surface area contributed by atoms with Crippen LogP contribution in [0.1, 0.15) is 24.4 Å². The zero-order chi connectivity index (χ0) is 15.2. The van der Waals surface area contributed by atoms with E-state index in [0.29, 0.717) is 0 Å². The van der Waals surface area contributed by atoms with E-state index in [1.165, 1.54) is 6.07 Å². The highest BCUT2D eigenvalue weighted by atomic mass is 19.3. The molecule has 0 spiro atoms. The maximum Gasteiger partial charge on any atom is 0.387 e. The zero-order valence-electron chi connectivity index (χ0n) is 12.1. The Morgan fingerprint density at radius 2 is 2.19 bits per heavy atom. The SMILES string of the molecule is CC(NCCc1nccn1C)c1cccc(OC(F)F)c1. The summed E-state index contributed by atoms with van der Waals surface area (Å²) in [6.07, 6.45) is 4.48. The van der Waals surface area contributed by atoms with E-state index in [4.69, 9.17) is 0 Å². The molecule has 21 heavy (non-hydrogen) atoms. The van der Waals surface area contributed by atoms with E-state index >= 15 is 0 Å². The number of nitrogens with one attached hydrogen (secondary N) is 1. The van der Waals surface area contributed by atoms with Gasteiger partial charge in [-0.05, 0) is 24.6 Å². The van der Waals surface area contributed by atoms with Gasteiger partial charge in [0.15, 0.2) is 0 Å². The number of nitrogens with zero attached hydrogens (tertiary/aromatic N) is 2. The molecule has 4 nitrogen and oxygen atoms in total. The Bertz CT molecular complexity index is 572. The quantitative estimate of drug-likeness (QED) is 0.853. The van der Waals surface area contributed by atoms with E-state index in [0.717, 1.165) is 24.4 Å². The predicted octanol–water partition coefficient (Wildman–Crippen LogP) is 2.91. The van der Waals surface area contributed by atoms with Crippen LogP contribution in [-0.4, -0.2) is 22.7 Å². The molecule has 1 N–H and O–H groups in total. The first kappa shape index (κ1) is 15.4. The van der Waals surface area contributed by atoms with Gasteiger partial charge in [-0.25, -0.2) is 4.98 Å². The van der Waals surface area contributed by atoms with E-state index in [-0.39, 0.29) is 11.8 Å². The molecule has 1 aromatic heterocycles. The van der Waals surface area contributed by atoms with Crippen LogP contribution in [0.2, 0.25) is 0 Å². The normalized spacial score (nSPS) is 12.6. The van der Waals surface area contributed by atoms with Crippen molar-refractivity contribution in [1.29, 1.82) is 0 Å². The molecule has 1 heterocycles. The van der Waals surface area contributed by atoms with Gasteiger partial charge in [-0.15, -0.1) is 0 Å². The lowest BCUT2D eigenvalue weighted by molar-refractivity contribution is -0.0499.